The van der Waals surface area contributed by atoms with E-state index in [1.54, 1.807) is 0 Å². The largest absolute Gasteiger partial charge is 0.313 e. The highest BCUT2D eigenvalue weighted by Gasteiger charge is 2.09. The standard InChI is InChI=1S/C13H19Cl2NS/c1-3-16-11(9-17-4-2)7-10-5-6-12(14)13(15)8-10/h5-6,8,11,16H,3-4,7,9H2,1-2H3. The predicted molar refractivity (Wildman–Crippen MR) is 80.6 cm³/mol. The summed E-state index contributed by atoms with van der Waals surface area (Å²) in [5.74, 6) is 2.29. The third-order valence-corrected chi connectivity index (χ3v) is 4.27. The Kier molecular flexibility index (Phi) is 7.36. The molecule has 0 aromatic heterocycles. The average Bonchev–Trinajstić information content (AvgIpc) is 2.31. The number of nitrogens with one attached hydrogen (secondary N) is 1. The van der Waals surface area contributed by atoms with Crippen molar-refractivity contribution in [2.24, 2.45) is 0 Å². The monoisotopic (exact) mass is 291 g/mol. The van der Waals surface area contributed by atoms with Crippen LogP contribution in [-0.4, -0.2) is 24.1 Å². The SMILES string of the molecule is CCNC(CSCC)Cc1ccc(Cl)c(Cl)c1. The smallest absolute Gasteiger partial charge is 0.0595 e. The minimum absolute atomic E-state index is 0.502. The van der Waals surface area contributed by atoms with Crippen LogP contribution in [-0.2, 0) is 6.42 Å². The van der Waals surface area contributed by atoms with Gasteiger partial charge in [0.2, 0.25) is 0 Å². The van der Waals surface area contributed by atoms with Gasteiger partial charge in [0, 0.05) is 11.8 Å². The Bertz CT molecular complexity index is 344. The van der Waals surface area contributed by atoms with Crippen molar-refractivity contribution in [2.45, 2.75) is 26.3 Å². The zero-order chi connectivity index (χ0) is 12.7. The molecule has 0 saturated carbocycles. The minimum atomic E-state index is 0.502. The lowest BCUT2D eigenvalue weighted by atomic mass is 10.1. The molecule has 0 aliphatic carbocycles. The molecule has 0 aliphatic rings. The summed E-state index contributed by atoms with van der Waals surface area (Å²) >= 11 is 13.9. The van der Waals surface area contributed by atoms with Gasteiger partial charge < -0.3 is 5.32 Å². The Balaban J connectivity index is 2.61. The molecule has 1 aromatic rings. The molecule has 4 heteroatoms. The van der Waals surface area contributed by atoms with Crippen LogP contribution in [0.2, 0.25) is 10.0 Å². The second-order valence-electron chi connectivity index (χ2n) is 3.87. The number of hydrogen-bond acceptors (Lipinski definition) is 2. The van der Waals surface area contributed by atoms with Crippen molar-refractivity contribution in [3.8, 4) is 0 Å². The molecule has 1 aromatic carbocycles. The Labute approximate surface area is 118 Å². The lowest BCUT2D eigenvalue weighted by molar-refractivity contribution is 0.573. The lowest BCUT2D eigenvalue weighted by Crippen LogP contribution is -2.33. The highest BCUT2D eigenvalue weighted by atomic mass is 35.5. The Morgan fingerprint density at radius 2 is 2.00 bits per heavy atom. The zero-order valence-corrected chi connectivity index (χ0v) is 12.6. The van der Waals surface area contributed by atoms with Gasteiger partial charge in [0.15, 0.2) is 0 Å². The maximum atomic E-state index is 6.02. The van der Waals surface area contributed by atoms with Crippen molar-refractivity contribution in [3.05, 3.63) is 33.8 Å². The van der Waals surface area contributed by atoms with E-state index >= 15 is 0 Å². The van der Waals surface area contributed by atoms with Crippen molar-refractivity contribution in [1.82, 2.24) is 5.32 Å². The molecule has 0 heterocycles. The van der Waals surface area contributed by atoms with Gasteiger partial charge in [-0.1, -0.05) is 43.1 Å². The van der Waals surface area contributed by atoms with Gasteiger partial charge in [-0.3, -0.25) is 0 Å². The van der Waals surface area contributed by atoms with Gasteiger partial charge in [0.25, 0.3) is 0 Å². The van der Waals surface area contributed by atoms with Crippen LogP contribution < -0.4 is 5.32 Å². The molecule has 1 nitrogen and oxygen atoms in total. The van der Waals surface area contributed by atoms with Crippen LogP contribution in [0.1, 0.15) is 19.4 Å². The molecule has 1 atom stereocenters. The maximum absolute atomic E-state index is 6.02. The molecular formula is C13H19Cl2NS. The molecule has 0 radical (unpaired) electrons. The summed E-state index contributed by atoms with van der Waals surface area (Å²) < 4.78 is 0. The second kappa shape index (κ2) is 8.25. The number of benzene rings is 1. The van der Waals surface area contributed by atoms with Crippen LogP contribution in [0.4, 0.5) is 0 Å². The summed E-state index contributed by atoms with van der Waals surface area (Å²) in [5.41, 5.74) is 1.24. The topological polar surface area (TPSA) is 12.0 Å². The molecule has 17 heavy (non-hydrogen) atoms. The van der Waals surface area contributed by atoms with Crippen LogP contribution in [0.25, 0.3) is 0 Å². The summed E-state index contributed by atoms with van der Waals surface area (Å²) in [7, 11) is 0. The van der Waals surface area contributed by atoms with Crippen molar-refractivity contribution in [3.63, 3.8) is 0 Å². The van der Waals surface area contributed by atoms with E-state index in [1.165, 1.54) is 5.56 Å². The molecule has 1 rings (SSSR count). The zero-order valence-electron chi connectivity index (χ0n) is 10.3. The summed E-state index contributed by atoms with van der Waals surface area (Å²) in [5, 5.41) is 4.77. The summed E-state index contributed by atoms with van der Waals surface area (Å²) in [4.78, 5) is 0. The van der Waals surface area contributed by atoms with E-state index in [2.05, 4.69) is 25.2 Å². The molecule has 96 valence electrons. The van der Waals surface area contributed by atoms with Crippen molar-refractivity contribution in [2.75, 3.05) is 18.1 Å². The fourth-order valence-electron chi connectivity index (χ4n) is 1.69. The van der Waals surface area contributed by atoms with Crippen LogP contribution in [0.3, 0.4) is 0 Å². The van der Waals surface area contributed by atoms with Crippen LogP contribution in [0.15, 0.2) is 18.2 Å². The van der Waals surface area contributed by atoms with E-state index in [1.807, 2.05) is 23.9 Å². The number of thioether (sulfide) groups is 1. The Morgan fingerprint density at radius 3 is 2.59 bits per heavy atom. The van der Waals surface area contributed by atoms with Crippen molar-refractivity contribution >= 4 is 35.0 Å². The molecule has 0 fully saturated rings. The van der Waals surface area contributed by atoms with Crippen LogP contribution >= 0.6 is 35.0 Å². The Morgan fingerprint density at radius 1 is 1.24 bits per heavy atom. The quantitative estimate of drug-likeness (QED) is 0.805. The first kappa shape index (κ1) is 15.2. The van der Waals surface area contributed by atoms with E-state index in [4.69, 9.17) is 23.2 Å². The molecule has 1 unspecified atom stereocenters. The van der Waals surface area contributed by atoms with Crippen molar-refractivity contribution in [1.29, 1.82) is 0 Å². The van der Waals surface area contributed by atoms with E-state index in [0.29, 0.717) is 16.1 Å². The van der Waals surface area contributed by atoms with Gasteiger partial charge in [-0.15, -0.1) is 0 Å². The first-order valence-corrected chi connectivity index (χ1v) is 7.83. The lowest BCUT2D eigenvalue weighted by Gasteiger charge is -2.17. The second-order valence-corrected chi connectivity index (χ2v) is 6.00. The number of likely N-dealkylation sites (N-methyl/N-ethyl adjacent to an activating group) is 1. The molecule has 0 aliphatic heterocycles. The number of hydrogen-bond donors (Lipinski definition) is 1. The van der Waals surface area contributed by atoms with Crippen LogP contribution in [0.5, 0.6) is 0 Å². The average molecular weight is 292 g/mol. The van der Waals surface area contributed by atoms with E-state index in [0.717, 1.165) is 24.5 Å². The van der Waals surface area contributed by atoms with Gasteiger partial charge >= 0.3 is 0 Å². The van der Waals surface area contributed by atoms with Gasteiger partial charge in [-0.05, 0) is 36.4 Å². The molecular weight excluding hydrogens is 273 g/mol. The fraction of sp³-hybridized carbons (Fsp3) is 0.538. The van der Waals surface area contributed by atoms with Gasteiger partial charge in [0.05, 0.1) is 10.0 Å². The number of rotatable bonds is 7. The first-order valence-electron chi connectivity index (χ1n) is 5.92. The van der Waals surface area contributed by atoms with Gasteiger partial charge in [0.1, 0.15) is 0 Å². The Hall–Kier alpha value is 0.110. The molecule has 0 amide bonds. The fourth-order valence-corrected chi connectivity index (χ4v) is 2.77. The normalized spacial score (nSPS) is 12.7. The van der Waals surface area contributed by atoms with Crippen LogP contribution in [0, 0.1) is 0 Å². The molecule has 0 bridgehead atoms. The maximum Gasteiger partial charge on any atom is 0.0595 e. The van der Waals surface area contributed by atoms with E-state index < -0.39 is 0 Å². The van der Waals surface area contributed by atoms with E-state index in [9.17, 15) is 0 Å². The third kappa shape index (κ3) is 5.52. The van der Waals surface area contributed by atoms with E-state index in [-0.39, 0.29) is 0 Å². The highest BCUT2D eigenvalue weighted by Crippen LogP contribution is 2.23. The third-order valence-electron chi connectivity index (χ3n) is 2.48. The molecule has 1 N–H and O–H groups in total. The predicted octanol–water partition coefficient (Wildman–Crippen LogP) is 4.27. The van der Waals surface area contributed by atoms with Gasteiger partial charge in [-0.25, -0.2) is 0 Å². The van der Waals surface area contributed by atoms with Crippen molar-refractivity contribution < 1.29 is 0 Å². The first-order chi connectivity index (χ1) is 8.17. The summed E-state index contributed by atoms with van der Waals surface area (Å²) in [6.45, 7) is 5.32. The summed E-state index contributed by atoms with van der Waals surface area (Å²) in [6, 6.07) is 6.39. The summed E-state index contributed by atoms with van der Waals surface area (Å²) in [6.07, 6.45) is 0.998. The number of halogens is 2. The van der Waals surface area contributed by atoms with Gasteiger partial charge in [-0.2, -0.15) is 11.8 Å². The highest BCUT2D eigenvalue weighted by molar-refractivity contribution is 7.99. The molecule has 0 spiro atoms. The minimum Gasteiger partial charge on any atom is -0.313 e. The molecule has 0 saturated heterocycles.